The summed E-state index contributed by atoms with van der Waals surface area (Å²) in [5, 5.41) is 21.5. The van der Waals surface area contributed by atoms with Crippen molar-refractivity contribution in [1.82, 2.24) is 0 Å². The van der Waals surface area contributed by atoms with Crippen LogP contribution in [0.15, 0.2) is 12.2 Å². The molecule has 0 spiro atoms. The highest BCUT2D eigenvalue weighted by Crippen LogP contribution is 2.14. The Kier molecular flexibility index (Phi) is 14.1. The van der Waals surface area contributed by atoms with Gasteiger partial charge in [0.05, 0.1) is 6.61 Å². The number of ether oxygens (including phenoxy) is 1. The SMILES string of the molecule is C=C(C)COCCC[Si](OC)(OC)OC.OB(O)O. The van der Waals surface area contributed by atoms with Crippen LogP contribution in [0.2, 0.25) is 6.04 Å². The number of rotatable bonds is 9. The lowest BCUT2D eigenvalue weighted by atomic mass is 10.3. The Bertz CT molecular complexity index is 213. The van der Waals surface area contributed by atoms with Gasteiger partial charge in [0.15, 0.2) is 0 Å². The molecular weight excluding hydrogens is 271 g/mol. The third-order valence-electron chi connectivity index (χ3n) is 2.05. The summed E-state index contributed by atoms with van der Waals surface area (Å²) in [6.45, 7) is 6.99. The van der Waals surface area contributed by atoms with Crippen molar-refractivity contribution in [1.29, 1.82) is 0 Å². The van der Waals surface area contributed by atoms with Gasteiger partial charge in [-0.1, -0.05) is 12.2 Å². The summed E-state index contributed by atoms with van der Waals surface area (Å²) >= 11 is 0. The summed E-state index contributed by atoms with van der Waals surface area (Å²) in [6, 6.07) is 0.771. The first-order valence-corrected chi connectivity index (χ1v) is 7.68. The van der Waals surface area contributed by atoms with Gasteiger partial charge in [-0.25, -0.2) is 0 Å². The minimum atomic E-state index is -2.40. The first-order valence-electron chi connectivity index (χ1n) is 5.75. The van der Waals surface area contributed by atoms with Gasteiger partial charge in [0.25, 0.3) is 0 Å². The van der Waals surface area contributed by atoms with E-state index in [0.29, 0.717) is 13.2 Å². The van der Waals surface area contributed by atoms with Gasteiger partial charge < -0.3 is 33.1 Å². The predicted octanol–water partition coefficient (Wildman–Crippen LogP) is -0.205. The van der Waals surface area contributed by atoms with Crippen LogP contribution in [0, 0.1) is 0 Å². The van der Waals surface area contributed by atoms with Gasteiger partial charge >= 0.3 is 16.1 Å². The van der Waals surface area contributed by atoms with Crippen LogP contribution in [0.1, 0.15) is 13.3 Å². The lowest BCUT2D eigenvalue weighted by molar-refractivity contribution is 0.113. The van der Waals surface area contributed by atoms with E-state index in [9.17, 15) is 0 Å². The van der Waals surface area contributed by atoms with E-state index in [2.05, 4.69) is 6.58 Å². The monoisotopic (exact) mass is 296 g/mol. The fourth-order valence-electron chi connectivity index (χ4n) is 1.19. The first kappa shape index (κ1) is 21.0. The summed E-state index contributed by atoms with van der Waals surface area (Å²) in [4.78, 5) is 0. The van der Waals surface area contributed by atoms with E-state index < -0.39 is 16.1 Å². The van der Waals surface area contributed by atoms with Crippen LogP contribution >= 0.6 is 0 Å². The summed E-state index contributed by atoms with van der Waals surface area (Å²) in [6.07, 6.45) is 0.870. The molecule has 0 aromatic rings. The standard InChI is InChI=1S/C10H22O4Si.BH3O3/c1-10(2)9-14-7-6-8-15(11-3,12-4)13-5;2-1(3)4/h1,6-9H2,2-5H3;2-4H. The van der Waals surface area contributed by atoms with Crippen LogP contribution in [0.5, 0.6) is 0 Å². The Labute approximate surface area is 116 Å². The van der Waals surface area contributed by atoms with Gasteiger partial charge in [-0.05, 0) is 13.3 Å². The molecule has 19 heavy (non-hydrogen) atoms. The normalized spacial score (nSPS) is 10.7. The molecule has 0 aliphatic rings. The third-order valence-corrected chi connectivity index (χ3v) is 4.89. The van der Waals surface area contributed by atoms with Gasteiger partial charge in [-0.15, -0.1) is 0 Å². The van der Waals surface area contributed by atoms with E-state index >= 15 is 0 Å². The average Bonchev–Trinajstić information content (AvgIpc) is 2.33. The number of hydrogen-bond donors (Lipinski definition) is 3. The van der Waals surface area contributed by atoms with E-state index in [-0.39, 0.29) is 0 Å². The zero-order valence-electron chi connectivity index (χ0n) is 12.1. The highest BCUT2D eigenvalue weighted by molar-refractivity contribution is 6.60. The topological polar surface area (TPSA) is 97.6 Å². The lowest BCUT2D eigenvalue weighted by Crippen LogP contribution is -2.42. The minimum Gasteiger partial charge on any atom is -0.402 e. The second-order valence-electron chi connectivity index (χ2n) is 3.76. The van der Waals surface area contributed by atoms with Gasteiger partial charge in [0.2, 0.25) is 0 Å². The molecule has 0 fully saturated rings. The van der Waals surface area contributed by atoms with Crippen LogP contribution < -0.4 is 0 Å². The molecule has 9 heteroatoms. The molecular formula is C10H25BO7Si. The van der Waals surface area contributed by atoms with Gasteiger partial charge in [0.1, 0.15) is 0 Å². The molecule has 0 aliphatic heterocycles. The predicted molar refractivity (Wildman–Crippen MR) is 74.2 cm³/mol. The van der Waals surface area contributed by atoms with Crippen molar-refractivity contribution in [2.24, 2.45) is 0 Å². The smallest absolute Gasteiger partial charge is 0.402 e. The van der Waals surface area contributed by atoms with Gasteiger partial charge in [0, 0.05) is 34.0 Å². The average molecular weight is 296 g/mol. The maximum atomic E-state index is 7.17. The Balaban J connectivity index is 0. The van der Waals surface area contributed by atoms with Crippen LogP contribution in [0.25, 0.3) is 0 Å². The molecule has 0 saturated heterocycles. The Morgan fingerprint density at radius 2 is 1.53 bits per heavy atom. The second kappa shape index (κ2) is 12.8. The van der Waals surface area contributed by atoms with Crippen molar-refractivity contribution in [2.75, 3.05) is 34.5 Å². The molecule has 0 saturated carbocycles. The van der Waals surface area contributed by atoms with E-state index in [1.54, 1.807) is 21.3 Å². The second-order valence-corrected chi connectivity index (χ2v) is 6.85. The first-order chi connectivity index (χ1) is 8.83. The molecule has 3 N–H and O–H groups in total. The lowest BCUT2D eigenvalue weighted by Gasteiger charge is -2.24. The van der Waals surface area contributed by atoms with E-state index in [0.717, 1.165) is 18.0 Å². The summed E-state index contributed by atoms with van der Waals surface area (Å²) in [5.41, 5.74) is 1.03. The van der Waals surface area contributed by atoms with Gasteiger partial charge in [-0.2, -0.15) is 0 Å². The minimum absolute atomic E-state index is 0.613. The van der Waals surface area contributed by atoms with Crippen LogP contribution in [0.4, 0.5) is 0 Å². The zero-order chi connectivity index (χ0) is 15.3. The fourth-order valence-corrected chi connectivity index (χ4v) is 2.88. The molecule has 7 nitrogen and oxygen atoms in total. The molecule has 0 aliphatic carbocycles. The molecule has 0 unspecified atom stereocenters. The Morgan fingerprint density at radius 1 is 1.11 bits per heavy atom. The summed E-state index contributed by atoms with van der Waals surface area (Å²) < 4.78 is 21.2. The molecule has 0 heterocycles. The quantitative estimate of drug-likeness (QED) is 0.308. The highest BCUT2D eigenvalue weighted by Gasteiger charge is 2.36. The molecule has 0 aromatic carbocycles. The largest absolute Gasteiger partial charge is 0.631 e. The maximum absolute atomic E-state index is 7.17. The van der Waals surface area contributed by atoms with Crippen molar-refractivity contribution in [3.63, 3.8) is 0 Å². The molecule has 0 bridgehead atoms. The van der Waals surface area contributed by atoms with Crippen molar-refractivity contribution in [2.45, 2.75) is 19.4 Å². The van der Waals surface area contributed by atoms with Crippen molar-refractivity contribution in [3.8, 4) is 0 Å². The maximum Gasteiger partial charge on any atom is 0.631 e. The van der Waals surface area contributed by atoms with E-state index in [1.807, 2.05) is 6.92 Å². The van der Waals surface area contributed by atoms with E-state index in [4.69, 9.17) is 33.1 Å². The summed E-state index contributed by atoms with van der Waals surface area (Å²) in [7, 11) is 0.293. The van der Waals surface area contributed by atoms with Crippen molar-refractivity contribution < 1.29 is 33.1 Å². The van der Waals surface area contributed by atoms with Crippen LogP contribution in [-0.4, -0.2) is 65.7 Å². The third kappa shape index (κ3) is 14.0. The summed E-state index contributed by atoms with van der Waals surface area (Å²) in [5.74, 6) is 0. The van der Waals surface area contributed by atoms with Crippen LogP contribution in [0.3, 0.4) is 0 Å². The molecule has 0 atom stereocenters. The van der Waals surface area contributed by atoms with Crippen molar-refractivity contribution >= 4 is 16.1 Å². The highest BCUT2D eigenvalue weighted by atomic mass is 28.4. The molecule has 0 radical (unpaired) electrons. The van der Waals surface area contributed by atoms with E-state index in [1.165, 1.54) is 0 Å². The molecule has 114 valence electrons. The zero-order valence-corrected chi connectivity index (χ0v) is 13.1. The van der Waals surface area contributed by atoms with Crippen LogP contribution in [-0.2, 0) is 18.0 Å². The fraction of sp³-hybridized carbons (Fsp3) is 0.800. The molecule has 0 rings (SSSR count). The number of hydrogen-bond acceptors (Lipinski definition) is 7. The van der Waals surface area contributed by atoms with Gasteiger partial charge in [-0.3, -0.25) is 0 Å². The Morgan fingerprint density at radius 3 is 1.84 bits per heavy atom. The van der Waals surface area contributed by atoms with Crippen molar-refractivity contribution in [3.05, 3.63) is 12.2 Å². The molecule has 0 amide bonds. The molecule has 0 aromatic heterocycles. The Hall–Kier alpha value is -0.258.